The molecule has 0 spiro atoms. The fourth-order valence-electron chi connectivity index (χ4n) is 1.75. The van der Waals surface area contributed by atoms with Gasteiger partial charge in [-0.15, -0.1) is 0 Å². The van der Waals surface area contributed by atoms with E-state index in [-0.39, 0.29) is 0 Å². The fraction of sp³-hybridized carbons (Fsp3) is 1.00. The van der Waals surface area contributed by atoms with Gasteiger partial charge in [-0.05, 0) is 33.3 Å². The van der Waals surface area contributed by atoms with Crippen molar-refractivity contribution in [2.24, 2.45) is 0 Å². The molecule has 1 atom stereocenters. The largest absolute Gasteiger partial charge is 0.314 e. The molecule has 1 unspecified atom stereocenters. The Bertz CT molecular complexity index is 163. The van der Waals surface area contributed by atoms with E-state index in [4.69, 9.17) is 0 Å². The van der Waals surface area contributed by atoms with Gasteiger partial charge in [-0.2, -0.15) is 11.8 Å². The van der Waals surface area contributed by atoms with Crippen LogP contribution in [0.1, 0.15) is 20.8 Å². The Labute approximate surface area is 112 Å². The third-order valence-corrected chi connectivity index (χ3v) is 4.12. The molecule has 0 aliphatic heterocycles. The van der Waals surface area contributed by atoms with E-state index in [0.29, 0.717) is 6.04 Å². The van der Waals surface area contributed by atoms with Gasteiger partial charge in [-0.1, -0.05) is 13.8 Å². The van der Waals surface area contributed by atoms with Crippen LogP contribution in [0.4, 0.5) is 0 Å². The van der Waals surface area contributed by atoms with Crippen molar-refractivity contribution in [3.8, 4) is 0 Å². The predicted octanol–water partition coefficient (Wildman–Crippen LogP) is 1.60. The summed E-state index contributed by atoms with van der Waals surface area (Å²) in [5, 5.41) is 3.52. The van der Waals surface area contributed by atoms with E-state index in [9.17, 15) is 0 Å². The zero-order chi connectivity index (χ0) is 13.1. The van der Waals surface area contributed by atoms with Crippen LogP contribution in [-0.4, -0.2) is 74.2 Å². The molecule has 0 rings (SSSR count). The summed E-state index contributed by atoms with van der Waals surface area (Å²) in [6, 6.07) is 0.676. The van der Waals surface area contributed by atoms with Gasteiger partial charge >= 0.3 is 0 Å². The summed E-state index contributed by atoms with van der Waals surface area (Å²) in [7, 11) is 2.22. The van der Waals surface area contributed by atoms with Gasteiger partial charge in [0.25, 0.3) is 0 Å². The van der Waals surface area contributed by atoms with Gasteiger partial charge in [-0.3, -0.25) is 0 Å². The Morgan fingerprint density at radius 3 is 2.24 bits per heavy atom. The van der Waals surface area contributed by atoms with Gasteiger partial charge in [-0.25, -0.2) is 0 Å². The lowest BCUT2D eigenvalue weighted by Crippen LogP contribution is -2.39. The second-order valence-corrected chi connectivity index (χ2v) is 5.47. The summed E-state index contributed by atoms with van der Waals surface area (Å²) in [4.78, 5) is 4.88. The molecule has 17 heavy (non-hydrogen) atoms. The quantitative estimate of drug-likeness (QED) is 0.569. The summed E-state index contributed by atoms with van der Waals surface area (Å²) < 4.78 is 0. The summed E-state index contributed by atoms with van der Waals surface area (Å²) in [5.74, 6) is 1.22. The molecule has 0 aliphatic rings. The average Bonchev–Trinajstić information content (AvgIpc) is 2.33. The third-order valence-electron chi connectivity index (χ3n) is 3.30. The molecule has 0 saturated heterocycles. The van der Waals surface area contributed by atoms with Crippen molar-refractivity contribution in [1.82, 2.24) is 15.1 Å². The van der Waals surface area contributed by atoms with Crippen molar-refractivity contribution in [3.63, 3.8) is 0 Å². The fourth-order valence-corrected chi connectivity index (χ4v) is 2.48. The van der Waals surface area contributed by atoms with E-state index in [1.807, 2.05) is 11.8 Å². The molecular formula is C13H31N3S. The second kappa shape index (κ2) is 11.3. The molecule has 0 saturated carbocycles. The van der Waals surface area contributed by atoms with Crippen molar-refractivity contribution >= 4 is 11.8 Å². The van der Waals surface area contributed by atoms with Gasteiger partial charge in [0, 0.05) is 38.0 Å². The number of rotatable bonds is 11. The van der Waals surface area contributed by atoms with Crippen LogP contribution in [0.5, 0.6) is 0 Å². The van der Waals surface area contributed by atoms with E-state index in [2.05, 4.69) is 49.2 Å². The molecule has 1 N–H and O–H groups in total. The lowest BCUT2D eigenvalue weighted by atomic mass is 10.3. The molecule has 0 aromatic heterocycles. The van der Waals surface area contributed by atoms with Crippen LogP contribution in [-0.2, 0) is 0 Å². The molecular weight excluding hydrogens is 230 g/mol. The molecule has 0 aromatic rings. The minimum absolute atomic E-state index is 0.676. The highest BCUT2D eigenvalue weighted by Gasteiger charge is 2.07. The summed E-state index contributed by atoms with van der Waals surface area (Å²) in [6.07, 6.45) is 2.17. The van der Waals surface area contributed by atoms with Crippen LogP contribution in [0.2, 0.25) is 0 Å². The number of nitrogens with zero attached hydrogens (tertiary/aromatic N) is 2. The maximum Gasteiger partial charge on any atom is 0.0155 e. The lowest BCUT2D eigenvalue weighted by molar-refractivity contribution is 0.268. The van der Waals surface area contributed by atoms with Crippen molar-refractivity contribution in [1.29, 1.82) is 0 Å². The van der Waals surface area contributed by atoms with E-state index < -0.39 is 0 Å². The first-order valence-corrected chi connectivity index (χ1v) is 8.17. The number of nitrogens with one attached hydrogen (secondary N) is 1. The van der Waals surface area contributed by atoms with Gasteiger partial charge in [0.15, 0.2) is 0 Å². The number of thioether (sulfide) groups is 1. The van der Waals surface area contributed by atoms with Crippen LogP contribution in [0.25, 0.3) is 0 Å². The maximum atomic E-state index is 3.52. The first-order chi connectivity index (χ1) is 8.15. The van der Waals surface area contributed by atoms with Gasteiger partial charge < -0.3 is 15.1 Å². The third kappa shape index (κ3) is 8.89. The smallest absolute Gasteiger partial charge is 0.0155 e. The topological polar surface area (TPSA) is 18.5 Å². The first kappa shape index (κ1) is 17.2. The Balaban J connectivity index is 3.44. The summed E-state index contributed by atoms with van der Waals surface area (Å²) in [5.41, 5.74) is 0. The normalized spacial score (nSPS) is 13.6. The molecule has 0 amide bonds. The molecule has 0 aromatic carbocycles. The van der Waals surface area contributed by atoms with E-state index in [0.717, 1.165) is 39.3 Å². The standard InChI is InChI=1S/C13H31N3S/c1-6-16(7-2)11-9-14-8-10-15(4)13(3)12-17-5/h13-14H,6-12H2,1-5H3. The molecule has 0 radical (unpaired) electrons. The monoisotopic (exact) mass is 261 g/mol. The zero-order valence-electron chi connectivity index (χ0n) is 12.3. The molecule has 0 aliphatic carbocycles. The van der Waals surface area contributed by atoms with E-state index in [1.165, 1.54) is 5.75 Å². The summed E-state index contributed by atoms with van der Waals surface area (Å²) in [6.45, 7) is 13.6. The maximum absolute atomic E-state index is 3.52. The first-order valence-electron chi connectivity index (χ1n) is 6.77. The van der Waals surface area contributed by atoms with Crippen molar-refractivity contribution in [2.45, 2.75) is 26.8 Å². The molecule has 0 bridgehead atoms. The lowest BCUT2D eigenvalue weighted by Gasteiger charge is -2.24. The zero-order valence-corrected chi connectivity index (χ0v) is 13.1. The Kier molecular flexibility index (Phi) is 11.5. The number of likely N-dealkylation sites (N-methyl/N-ethyl adjacent to an activating group) is 2. The average molecular weight is 261 g/mol. The van der Waals surface area contributed by atoms with Crippen LogP contribution in [0, 0.1) is 0 Å². The number of hydrogen-bond donors (Lipinski definition) is 1. The highest BCUT2D eigenvalue weighted by molar-refractivity contribution is 7.98. The Hall–Kier alpha value is 0.230. The minimum atomic E-state index is 0.676. The second-order valence-electron chi connectivity index (χ2n) is 4.56. The number of hydrogen-bond acceptors (Lipinski definition) is 4. The molecule has 0 fully saturated rings. The van der Waals surface area contributed by atoms with Gasteiger partial charge in [0.1, 0.15) is 0 Å². The highest BCUT2D eigenvalue weighted by atomic mass is 32.2. The molecule has 3 nitrogen and oxygen atoms in total. The van der Waals surface area contributed by atoms with Gasteiger partial charge in [0.2, 0.25) is 0 Å². The molecule has 104 valence electrons. The van der Waals surface area contributed by atoms with Crippen molar-refractivity contribution in [3.05, 3.63) is 0 Å². The molecule has 4 heteroatoms. The summed E-state index contributed by atoms with van der Waals surface area (Å²) >= 11 is 1.92. The Morgan fingerprint density at radius 1 is 1.12 bits per heavy atom. The van der Waals surface area contributed by atoms with Crippen LogP contribution in [0.15, 0.2) is 0 Å². The molecule has 0 heterocycles. The van der Waals surface area contributed by atoms with Crippen molar-refractivity contribution in [2.75, 3.05) is 58.3 Å². The van der Waals surface area contributed by atoms with Crippen LogP contribution < -0.4 is 5.32 Å². The van der Waals surface area contributed by atoms with Crippen LogP contribution >= 0.6 is 11.8 Å². The SMILES string of the molecule is CCN(CC)CCNCCN(C)C(C)CSC. The van der Waals surface area contributed by atoms with E-state index in [1.54, 1.807) is 0 Å². The Morgan fingerprint density at radius 2 is 1.71 bits per heavy atom. The van der Waals surface area contributed by atoms with Crippen molar-refractivity contribution < 1.29 is 0 Å². The minimum Gasteiger partial charge on any atom is -0.314 e. The highest BCUT2D eigenvalue weighted by Crippen LogP contribution is 2.02. The predicted molar refractivity (Wildman–Crippen MR) is 81.1 cm³/mol. The van der Waals surface area contributed by atoms with Gasteiger partial charge in [0.05, 0.1) is 0 Å². The van der Waals surface area contributed by atoms with E-state index >= 15 is 0 Å². The van der Waals surface area contributed by atoms with Crippen LogP contribution in [0.3, 0.4) is 0 Å².